The third kappa shape index (κ3) is 4.79. The van der Waals surface area contributed by atoms with Gasteiger partial charge >= 0.3 is 11.8 Å². The van der Waals surface area contributed by atoms with Crippen LogP contribution >= 0.6 is 11.3 Å². The third-order valence-electron chi connectivity index (χ3n) is 3.76. The number of amides is 2. The van der Waals surface area contributed by atoms with Crippen molar-refractivity contribution < 1.29 is 14.3 Å². The molecule has 2 N–H and O–H groups in total. The van der Waals surface area contributed by atoms with Gasteiger partial charge in [0, 0.05) is 20.2 Å². The Labute approximate surface area is 134 Å². The predicted molar refractivity (Wildman–Crippen MR) is 85.8 cm³/mol. The van der Waals surface area contributed by atoms with Crippen LogP contribution in [0.1, 0.15) is 24.4 Å². The molecule has 0 bridgehead atoms. The Morgan fingerprint density at radius 1 is 1.32 bits per heavy atom. The molecule has 1 atom stereocenters. The van der Waals surface area contributed by atoms with Crippen LogP contribution in [0.15, 0.2) is 16.8 Å². The van der Waals surface area contributed by atoms with E-state index in [1.54, 1.807) is 18.4 Å². The van der Waals surface area contributed by atoms with Crippen molar-refractivity contribution in [3.8, 4) is 0 Å². The molecule has 2 amide bonds. The Morgan fingerprint density at radius 3 is 2.68 bits per heavy atom. The van der Waals surface area contributed by atoms with E-state index in [0.717, 1.165) is 13.1 Å². The molecule has 1 aliphatic rings. The number of carbonyl (C=O) groups is 2. The van der Waals surface area contributed by atoms with Gasteiger partial charge in [0.25, 0.3) is 0 Å². The highest BCUT2D eigenvalue weighted by Crippen LogP contribution is 2.26. The van der Waals surface area contributed by atoms with E-state index >= 15 is 0 Å². The summed E-state index contributed by atoms with van der Waals surface area (Å²) >= 11 is 1.65. The molecular weight excluding hydrogens is 302 g/mol. The number of carbonyl (C=O) groups excluding carboxylic acids is 2. The zero-order chi connectivity index (χ0) is 15.8. The van der Waals surface area contributed by atoms with Crippen LogP contribution in [0.2, 0.25) is 0 Å². The summed E-state index contributed by atoms with van der Waals surface area (Å²) in [5, 5.41) is 9.41. The highest BCUT2D eigenvalue weighted by Gasteiger charge is 2.25. The number of ether oxygens (including phenoxy) is 1. The third-order valence-corrected chi connectivity index (χ3v) is 4.46. The zero-order valence-electron chi connectivity index (χ0n) is 12.8. The van der Waals surface area contributed by atoms with Crippen LogP contribution in [0.25, 0.3) is 0 Å². The van der Waals surface area contributed by atoms with E-state index < -0.39 is 11.8 Å². The molecule has 0 unspecified atom stereocenters. The maximum Gasteiger partial charge on any atom is 0.309 e. The van der Waals surface area contributed by atoms with Crippen molar-refractivity contribution in [1.29, 1.82) is 0 Å². The van der Waals surface area contributed by atoms with Gasteiger partial charge in [0.15, 0.2) is 0 Å². The molecule has 1 aromatic heterocycles. The van der Waals surface area contributed by atoms with Crippen LogP contribution in [-0.4, -0.2) is 56.6 Å². The number of nitrogens with one attached hydrogen (secondary N) is 2. The Kier molecular flexibility index (Phi) is 6.82. The van der Waals surface area contributed by atoms with E-state index in [9.17, 15) is 9.59 Å². The van der Waals surface area contributed by atoms with Gasteiger partial charge in [0.1, 0.15) is 0 Å². The second-order valence-electron chi connectivity index (χ2n) is 5.27. The molecule has 1 aliphatic heterocycles. The van der Waals surface area contributed by atoms with Crippen LogP contribution in [-0.2, 0) is 14.3 Å². The Morgan fingerprint density at radius 2 is 2.05 bits per heavy atom. The average Bonchev–Trinajstić information content (AvgIpc) is 3.21. The minimum Gasteiger partial charge on any atom is -0.383 e. The number of thiophene rings is 1. The molecule has 1 saturated heterocycles. The molecule has 22 heavy (non-hydrogen) atoms. The van der Waals surface area contributed by atoms with E-state index in [1.165, 1.54) is 18.4 Å². The highest BCUT2D eigenvalue weighted by atomic mass is 32.1. The Balaban J connectivity index is 1.85. The van der Waals surface area contributed by atoms with Gasteiger partial charge in [-0.2, -0.15) is 11.3 Å². The molecule has 2 rings (SSSR count). The molecule has 1 aromatic rings. The smallest absolute Gasteiger partial charge is 0.309 e. The quantitative estimate of drug-likeness (QED) is 0.574. The van der Waals surface area contributed by atoms with Crippen LogP contribution in [0, 0.1) is 0 Å². The number of likely N-dealkylation sites (tertiary alicyclic amines) is 1. The first-order valence-electron chi connectivity index (χ1n) is 7.53. The van der Waals surface area contributed by atoms with Gasteiger partial charge in [-0.15, -0.1) is 0 Å². The van der Waals surface area contributed by atoms with E-state index in [0.29, 0.717) is 19.7 Å². The second-order valence-corrected chi connectivity index (χ2v) is 6.05. The van der Waals surface area contributed by atoms with Crippen LogP contribution in [0.3, 0.4) is 0 Å². The lowest BCUT2D eigenvalue weighted by Crippen LogP contribution is -2.44. The van der Waals surface area contributed by atoms with Crippen molar-refractivity contribution in [3.05, 3.63) is 22.4 Å². The standard InChI is InChI=1S/C15H23N3O3S/c1-21-8-5-16-14(19)15(20)17-10-13(12-4-9-22-11-12)18-6-2-3-7-18/h4,9,11,13H,2-3,5-8,10H2,1H3,(H,16,19)(H,17,20)/t13-/m1/s1. The van der Waals surface area contributed by atoms with Crippen molar-refractivity contribution in [1.82, 2.24) is 15.5 Å². The fourth-order valence-electron chi connectivity index (χ4n) is 2.59. The summed E-state index contributed by atoms with van der Waals surface area (Å²) in [6.07, 6.45) is 2.37. The number of rotatable bonds is 7. The molecule has 0 aliphatic carbocycles. The van der Waals surface area contributed by atoms with Gasteiger partial charge in [0.05, 0.1) is 12.6 Å². The second kappa shape index (κ2) is 8.87. The summed E-state index contributed by atoms with van der Waals surface area (Å²) in [5.41, 5.74) is 1.20. The molecule has 2 heterocycles. The van der Waals surface area contributed by atoms with Gasteiger partial charge in [0.2, 0.25) is 0 Å². The van der Waals surface area contributed by atoms with Gasteiger partial charge in [-0.05, 0) is 48.3 Å². The minimum atomic E-state index is -0.609. The van der Waals surface area contributed by atoms with E-state index in [1.807, 2.05) is 5.38 Å². The maximum absolute atomic E-state index is 11.8. The fraction of sp³-hybridized carbons (Fsp3) is 0.600. The Bertz CT molecular complexity index is 472. The van der Waals surface area contributed by atoms with E-state index in [4.69, 9.17) is 4.74 Å². The summed E-state index contributed by atoms with van der Waals surface area (Å²) in [6.45, 7) is 3.26. The average molecular weight is 325 g/mol. The lowest BCUT2D eigenvalue weighted by Gasteiger charge is -2.27. The number of methoxy groups -OCH3 is 1. The van der Waals surface area contributed by atoms with Crippen LogP contribution in [0.4, 0.5) is 0 Å². The first-order chi connectivity index (χ1) is 10.7. The van der Waals surface area contributed by atoms with Gasteiger partial charge in [-0.25, -0.2) is 0 Å². The molecule has 6 nitrogen and oxygen atoms in total. The summed E-state index contributed by atoms with van der Waals surface area (Å²) in [6, 6.07) is 2.22. The highest BCUT2D eigenvalue weighted by molar-refractivity contribution is 7.07. The number of nitrogens with zero attached hydrogens (tertiary/aromatic N) is 1. The monoisotopic (exact) mass is 325 g/mol. The summed E-state index contributed by atoms with van der Waals surface area (Å²) in [7, 11) is 1.55. The van der Waals surface area contributed by atoms with Crippen molar-refractivity contribution in [2.24, 2.45) is 0 Å². The van der Waals surface area contributed by atoms with Crippen molar-refractivity contribution in [2.75, 3.05) is 39.9 Å². The van der Waals surface area contributed by atoms with Crippen molar-refractivity contribution in [3.63, 3.8) is 0 Å². The van der Waals surface area contributed by atoms with Crippen molar-refractivity contribution in [2.45, 2.75) is 18.9 Å². The number of hydrogen-bond acceptors (Lipinski definition) is 5. The molecule has 0 spiro atoms. The predicted octanol–water partition coefficient (Wildman–Crippen LogP) is 0.764. The molecule has 0 aromatic carbocycles. The van der Waals surface area contributed by atoms with Crippen LogP contribution < -0.4 is 10.6 Å². The topological polar surface area (TPSA) is 70.7 Å². The minimum absolute atomic E-state index is 0.143. The van der Waals surface area contributed by atoms with Gasteiger partial charge < -0.3 is 15.4 Å². The SMILES string of the molecule is COCCNC(=O)C(=O)NC[C@H](c1ccsc1)N1CCCC1. The lowest BCUT2D eigenvalue weighted by molar-refractivity contribution is -0.139. The first-order valence-corrected chi connectivity index (χ1v) is 8.47. The molecule has 7 heteroatoms. The largest absolute Gasteiger partial charge is 0.383 e. The molecule has 0 saturated carbocycles. The molecule has 0 radical (unpaired) electrons. The van der Waals surface area contributed by atoms with Crippen LogP contribution in [0.5, 0.6) is 0 Å². The first kappa shape index (κ1) is 16.9. The van der Waals surface area contributed by atoms with E-state index in [-0.39, 0.29) is 6.04 Å². The maximum atomic E-state index is 11.8. The Hall–Kier alpha value is -1.44. The molecular formula is C15H23N3O3S. The normalized spacial score (nSPS) is 16.4. The summed E-state index contributed by atoms with van der Waals surface area (Å²) in [5.74, 6) is -1.20. The number of hydrogen-bond donors (Lipinski definition) is 2. The van der Waals surface area contributed by atoms with E-state index in [2.05, 4.69) is 27.0 Å². The van der Waals surface area contributed by atoms with Gasteiger partial charge in [-0.3, -0.25) is 14.5 Å². The lowest BCUT2D eigenvalue weighted by atomic mass is 10.1. The molecule has 122 valence electrons. The zero-order valence-corrected chi connectivity index (χ0v) is 13.7. The van der Waals surface area contributed by atoms with Crippen molar-refractivity contribution >= 4 is 23.2 Å². The summed E-state index contributed by atoms with van der Waals surface area (Å²) < 4.78 is 4.83. The molecule has 1 fully saturated rings. The van der Waals surface area contributed by atoms with Gasteiger partial charge in [-0.1, -0.05) is 0 Å². The fourth-order valence-corrected chi connectivity index (χ4v) is 3.30. The summed E-state index contributed by atoms with van der Waals surface area (Å²) in [4.78, 5) is 25.9.